The van der Waals surface area contributed by atoms with E-state index in [1.807, 2.05) is 30.3 Å². The summed E-state index contributed by atoms with van der Waals surface area (Å²) in [7, 11) is 0. The molecule has 0 saturated heterocycles. The lowest BCUT2D eigenvalue weighted by Gasteiger charge is -2.04. The molecule has 2 aromatic rings. The Morgan fingerprint density at radius 1 is 1.07 bits per heavy atom. The quantitative estimate of drug-likeness (QED) is 0.828. The molecule has 0 atom stereocenters. The molecule has 3 nitrogen and oxygen atoms in total. The number of pyridine rings is 1. The van der Waals surface area contributed by atoms with E-state index in [9.17, 15) is 0 Å². The number of rotatable bonds is 3. The summed E-state index contributed by atoms with van der Waals surface area (Å²) in [5.74, 6) is 1.28. The summed E-state index contributed by atoms with van der Waals surface area (Å²) in [5.41, 5.74) is 0.774. The summed E-state index contributed by atoms with van der Waals surface area (Å²) >= 11 is 0. The van der Waals surface area contributed by atoms with Crippen LogP contribution < -0.4 is 4.74 Å². The number of hydrogen-bond donors (Lipinski definition) is 1. The Kier molecular flexibility index (Phi) is 2.95. The summed E-state index contributed by atoms with van der Waals surface area (Å²) in [4.78, 5) is 4.06. The Balaban J connectivity index is 2.11. The number of aliphatic hydroxyl groups is 1. The van der Waals surface area contributed by atoms with E-state index in [-0.39, 0.29) is 6.61 Å². The zero-order valence-corrected chi connectivity index (χ0v) is 8.13. The molecule has 15 heavy (non-hydrogen) atoms. The minimum Gasteiger partial charge on any atom is -0.439 e. The molecule has 0 aliphatic rings. The fourth-order valence-electron chi connectivity index (χ4n) is 1.17. The van der Waals surface area contributed by atoms with Gasteiger partial charge in [0.1, 0.15) is 5.75 Å². The Morgan fingerprint density at radius 2 is 1.87 bits per heavy atom. The molecule has 3 heteroatoms. The Hall–Kier alpha value is -1.87. The summed E-state index contributed by atoms with van der Waals surface area (Å²) in [5, 5.41) is 8.84. The molecule has 0 unspecified atom stereocenters. The topological polar surface area (TPSA) is 42.4 Å². The summed E-state index contributed by atoms with van der Waals surface area (Å²) < 4.78 is 5.49. The monoisotopic (exact) mass is 201 g/mol. The van der Waals surface area contributed by atoms with Gasteiger partial charge in [-0.25, -0.2) is 4.98 Å². The number of para-hydroxylation sites is 1. The molecule has 1 aromatic carbocycles. The number of nitrogens with zero attached hydrogens (tertiary/aromatic N) is 1. The van der Waals surface area contributed by atoms with Crippen molar-refractivity contribution in [3.8, 4) is 11.6 Å². The van der Waals surface area contributed by atoms with Crippen LogP contribution in [-0.2, 0) is 6.61 Å². The van der Waals surface area contributed by atoms with E-state index in [1.54, 1.807) is 18.3 Å². The normalized spacial score (nSPS) is 9.93. The molecule has 0 aliphatic carbocycles. The third-order valence-corrected chi connectivity index (χ3v) is 1.95. The molecule has 1 N–H and O–H groups in total. The maximum Gasteiger partial charge on any atom is 0.219 e. The average molecular weight is 201 g/mol. The van der Waals surface area contributed by atoms with Crippen LogP contribution in [-0.4, -0.2) is 10.1 Å². The lowest BCUT2D eigenvalue weighted by Crippen LogP contribution is -1.89. The first kappa shape index (κ1) is 9.68. The first-order valence-corrected chi connectivity index (χ1v) is 4.67. The van der Waals surface area contributed by atoms with Crippen molar-refractivity contribution in [1.82, 2.24) is 4.98 Å². The van der Waals surface area contributed by atoms with Crippen molar-refractivity contribution in [2.75, 3.05) is 0 Å². The van der Waals surface area contributed by atoms with Crippen molar-refractivity contribution < 1.29 is 9.84 Å². The SMILES string of the molecule is OCc1ccc(Oc2ccccc2)nc1. The fourth-order valence-corrected chi connectivity index (χ4v) is 1.17. The minimum atomic E-state index is -0.00137. The summed E-state index contributed by atoms with van der Waals surface area (Å²) in [6.45, 7) is -0.00137. The smallest absolute Gasteiger partial charge is 0.219 e. The Morgan fingerprint density at radius 3 is 2.47 bits per heavy atom. The first-order valence-electron chi connectivity index (χ1n) is 4.67. The molecule has 76 valence electrons. The van der Waals surface area contributed by atoms with Crippen molar-refractivity contribution in [3.05, 3.63) is 54.2 Å². The molecule has 0 aliphatic heterocycles. The highest BCUT2D eigenvalue weighted by Gasteiger charge is 1.97. The van der Waals surface area contributed by atoms with Gasteiger partial charge in [0.05, 0.1) is 6.61 Å². The second kappa shape index (κ2) is 4.57. The third kappa shape index (κ3) is 2.54. The lowest BCUT2D eigenvalue weighted by molar-refractivity contribution is 0.281. The standard InChI is InChI=1S/C12H11NO2/c14-9-10-6-7-12(13-8-10)15-11-4-2-1-3-5-11/h1-8,14H,9H2. The molecule has 0 saturated carbocycles. The third-order valence-electron chi connectivity index (χ3n) is 1.95. The van der Waals surface area contributed by atoms with E-state index in [2.05, 4.69) is 4.98 Å². The van der Waals surface area contributed by atoms with Crippen LogP contribution in [0.15, 0.2) is 48.7 Å². The van der Waals surface area contributed by atoms with Gasteiger partial charge < -0.3 is 9.84 Å². The van der Waals surface area contributed by atoms with Gasteiger partial charge in [0.2, 0.25) is 5.88 Å². The van der Waals surface area contributed by atoms with Gasteiger partial charge in [0, 0.05) is 12.3 Å². The van der Waals surface area contributed by atoms with Crippen molar-refractivity contribution in [3.63, 3.8) is 0 Å². The van der Waals surface area contributed by atoms with Gasteiger partial charge in [-0.15, -0.1) is 0 Å². The highest BCUT2D eigenvalue weighted by molar-refractivity contribution is 5.27. The number of ether oxygens (including phenoxy) is 1. The fraction of sp³-hybridized carbons (Fsp3) is 0.0833. The Labute approximate surface area is 88.0 Å². The predicted molar refractivity (Wildman–Crippen MR) is 56.7 cm³/mol. The molecule has 0 bridgehead atoms. The molecule has 0 amide bonds. The van der Waals surface area contributed by atoms with Crippen molar-refractivity contribution >= 4 is 0 Å². The van der Waals surface area contributed by atoms with Crippen LogP contribution in [0.5, 0.6) is 11.6 Å². The van der Waals surface area contributed by atoms with Crippen LogP contribution in [0.1, 0.15) is 5.56 Å². The largest absolute Gasteiger partial charge is 0.439 e. The molecule has 1 aromatic heterocycles. The highest BCUT2D eigenvalue weighted by Crippen LogP contribution is 2.18. The maximum atomic E-state index is 8.84. The highest BCUT2D eigenvalue weighted by atomic mass is 16.5. The first-order chi connectivity index (χ1) is 7.38. The van der Waals surface area contributed by atoms with Crippen LogP contribution >= 0.6 is 0 Å². The molecule has 0 radical (unpaired) electrons. The van der Waals surface area contributed by atoms with Gasteiger partial charge in [0.15, 0.2) is 0 Å². The van der Waals surface area contributed by atoms with E-state index in [1.165, 1.54) is 0 Å². The predicted octanol–water partition coefficient (Wildman–Crippen LogP) is 2.37. The molecule has 0 spiro atoms. The summed E-state index contributed by atoms with van der Waals surface area (Å²) in [6, 6.07) is 13.0. The number of aliphatic hydroxyl groups excluding tert-OH is 1. The zero-order chi connectivity index (χ0) is 10.5. The van der Waals surface area contributed by atoms with Crippen molar-refractivity contribution in [2.24, 2.45) is 0 Å². The zero-order valence-electron chi connectivity index (χ0n) is 8.13. The van der Waals surface area contributed by atoms with Gasteiger partial charge in [-0.05, 0) is 23.8 Å². The van der Waals surface area contributed by atoms with Crippen molar-refractivity contribution in [1.29, 1.82) is 0 Å². The minimum absolute atomic E-state index is 0.00137. The number of hydrogen-bond acceptors (Lipinski definition) is 3. The van der Waals surface area contributed by atoms with Gasteiger partial charge >= 0.3 is 0 Å². The van der Waals surface area contributed by atoms with Crippen LogP contribution in [0, 0.1) is 0 Å². The second-order valence-corrected chi connectivity index (χ2v) is 3.08. The van der Waals surface area contributed by atoms with Gasteiger partial charge in [-0.3, -0.25) is 0 Å². The second-order valence-electron chi connectivity index (χ2n) is 3.08. The molecule has 0 fully saturated rings. The van der Waals surface area contributed by atoms with Crippen LogP contribution in [0.4, 0.5) is 0 Å². The summed E-state index contributed by atoms with van der Waals surface area (Å²) in [6.07, 6.45) is 1.60. The number of benzene rings is 1. The van der Waals surface area contributed by atoms with E-state index < -0.39 is 0 Å². The molecular formula is C12H11NO2. The molecule has 1 heterocycles. The van der Waals surface area contributed by atoms with Crippen LogP contribution in [0.25, 0.3) is 0 Å². The van der Waals surface area contributed by atoms with Crippen LogP contribution in [0.3, 0.4) is 0 Å². The van der Waals surface area contributed by atoms with Gasteiger partial charge in [-0.1, -0.05) is 18.2 Å². The molecule has 2 rings (SSSR count). The maximum absolute atomic E-state index is 8.84. The van der Waals surface area contributed by atoms with E-state index >= 15 is 0 Å². The van der Waals surface area contributed by atoms with E-state index in [0.29, 0.717) is 5.88 Å². The molecular weight excluding hydrogens is 190 g/mol. The van der Waals surface area contributed by atoms with Crippen LogP contribution in [0.2, 0.25) is 0 Å². The Bertz CT molecular complexity index is 411. The van der Waals surface area contributed by atoms with Gasteiger partial charge in [-0.2, -0.15) is 0 Å². The van der Waals surface area contributed by atoms with Gasteiger partial charge in [0.25, 0.3) is 0 Å². The average Bonchev–Trinajstić information content (AvgIpc) is 2.31. The van der Waals surface area contributed by atoms with Crippen molar-refractivity contribution in [2.45, 2.75) is 6.61 Å². The lowest BCUT2D eigenvalue weighted by atomic mass is 10.3. The number of aromatic nitrogens is 1. The van der Waals surface area contributed by atoms with E-state index in [4.69, 9.17) is 9.84 Å². The van der Waals surface area contributed by atoms with E-state index in [0.717, 1.165) is 11.3 Å².